The standard InChI is InChI=1S/C20H29N3O4/c1-14(2)10-17(21)18(24)12-23(11-16-8-9-22-19(16)25)20(26)27-13-15-6-4-3-5-7-15/h3-7,14,16-17H,8-13,21H2,1-2H3,(H,22,25)/p+1/t16-,17-/m0/s1. The van der Waals surface area contributed by atoms with Crippen molar-refractivity contribution in [1.82, 2.24) is 10.2 Å². The van der Waals surface area contributed by atoms with Gasteiger partial charge in [0.1, 0.15) is 12.6 Å². The van der Waals surface area contributed by atoms with Crippen LogP contribution < -0.4 is 11.1 Å². The second-order valence-electron chi connectivity index (χ2n) is 7.49. The van der Waals surface area contributed by atoms with Crippen molar-refractivity contribution < 1.29 is 24.9 Å². The number of carbonyl (C=O) groups excluding carboxylic acids is 3. The lowest BCUT2D eigenvalue weighted by Gasteiger charge is -2.24. The van der Waals surface area contributed by atoms with Crippen LogP contribution in [-0.2, 0) is 20.9 Å². The lowest BCUT2D eigenvalue weighted by molar-refractivity contribution is -0.406. The van der Waals surface area contributed by atoms with E-state index in [4.69, 9.17) is 4.74 Å². The highest BCUT2D eigenvalue weighted by Crippen LogP contribution is 2.14. The molecule has 1 aliphatic heterocycles. The van der Waals surface area contributed by atoms with Crippen molar-refractivity contribution in [3.63, 3.8) is 0 Å². The molecule has 1 fully saturated rings. The molecule has 0 bridgehead atoms. The summed E-state index contributed by atoms with van der Waals surface area (Å²) in [4.78, 5) is 38.3. The van der Waals surface area contributed by atoms with Gasteiger partial charge in [-0.3, -0.25) is 14.5 Å². The number of carbonyl (C=O) groups is 3. The number of benzene rings is 1. The number of ketones is 1. The zero-order valence-corrected chi connectivity index (χ0v) is 16.1. The van der Waals surface area contributed by atoms with Gasteiger partial charge in [0.2, 0.25) is 11.7 Å². The van der Waals surface area contributed by atoms with Gasteiger partial charge in [0.15, 0.2) is 0 Å². The summed E-state index contributed by atoms with van der Waals surface area (Å²) < 4.78 is 5.38. The Morgan fingerprint density at radius 1 is 1.30 bits per heavy atom. The van der Waals surface area contributed by atoms with Gasteiger partial charge in [-0.2, -0.15) is 0 Å². The normalized spacial score (nSPS) is 17.5. The monoisotopic (exact) mass is 376 g/mol. The summed E-state index contributed by atoms with van der Waals surface area (Å²) in [6.45, 7) is 4.87. The van der Waals surface area contributed by atoms with Crippen LogP contribution in [0.25, 0.3) is 0 Å². The highest BCUT2D eigenvalue weighted by molar-refractivity contribution is 5.87. The molecule has 1 aliphatic rings. The Balaban J connectivity index is 2.00. The number of hydrogen-bond donors (Lipinski definition) is 2. The van der Waals surface area contributed by atoms with E-state index in [1.54, 1.807) is 0 Å². The summed E-state index contributed by atoms with van der Waals surface area (Å²) in [6, 6.07) is 8.97. The molecule has 148 valence electrons. The molecule has 0 radical (unpaired) electrons. The third-order valence-corrected chi connectivity index (χ3v) is 4.62. The summed E-state index contributed by atoms with van der Waals surface area (Å²) in [5, 5.41) is 2.76. The Morgan fingerprint density at radius 3 is 2.59 bits per heavy atom. The first-order valence-corrected chi connectivity index (χ1v) is 9.46. The Kier molecular flexibility index (Phi) is 7.79. The molecule has 2 rings (SSSR count). The number of amides is 2. The lowest BCUT2D eigenvalue weighted by atomic mass is 10.0. The summed E-state index contributed by atoms with van der Waals surface area (Å²) in [6.07, 6.45) is 0.731. The molecule has 0 saturated carbocycles. The maximum absolute atomic E-state index is 12.6. The van der Waals surface area contributed by atoms with Crippen molar-refractivity contribution in [2.45, 2.75) is 39.3 Å². The minimum Gasteiger partial charge on any atom is -0.445 e. The van der Waals surface area contributed by atoms with Crippen molar-refractivity contribution in [2.24, 2.45) is 11.8 Å². The Hall–Kier alpha value is -2.41. The molecule has 1 aromatic rings. The van der Waals surface area contributed by atoms with Crippen molar-refractivity contribution in [2.75, 3.05) is 19.6 Å². The molecule has 2 atom stereocenters. The van der Waals surface area contributed by atoms with Gasteiger partial charge in [0.25, 0.3) is 0 Å². The van der Waals surface area contributed by atoms with Crippen LogP contribution in [0.4, 0.5) is 4.79 Å². The molecule has 0 spiro atoms. The van der Waals surface area contributed by atoms with Crippen molar-refractivity contribution in [1.29, 1.82) is 0 Å². The topological polar surface area (TPSA) is 103 Å². The van der Waals surface area contributed by atoms with E-state index in [0.29, 0.717) is 25.3 Å². The first kappa shape index (κ1) is 20.9. The molecule has 1 aromatic carbocycles. The van der Waals surface area contributed by atoms with Gasteiger partial charge in [-0.15, -0.1) is 0 Å². The van der Waals surface area contributed by atoms with E-state index in [0.717, 1.165) is 5.56 Å². The molecular formula is C20H30N3O4+. The number of nitrogens with one attached hydrogen (secondary N) is 1. The van der Waals surface area contributed by atoms with Crippen molar-refractivity contribution in [3.05, 3.63) is 35.9 Å². The van der Waals surface area contributed by atoms with E-state index >= 15 is 0 Å². The summed E-state index contributed by atoms with van der Waals surface area (Å²) >= 11 is 0. The van der Waals surface area contributed by atoms with E-state index in [-0.39, 0.29) is 43.3 Å². The molecule has 1 heterocycles. The molecule has 2 amide bonds. The van der Waals surface area contributed by atoms with E-state index in [2.05, 4.69) is 11.1 Å². The first-order chi connectivity index (χ1) is 12.9. The van der Waals surface area contributed by atoms with Gasteiger partial charge in [-0.05, 0) is 17.9 Å². The largest absolute Gasteiger partial charge is 0.445 e. The van der Waals surface area contributed by atoms with Crippen LogP contribution in [0.5, 0.6) is 0 Å². The third-order valence-electron chi connectivity index (χ3n) is 4.62. The smallest absolute Gasteiger partial charge is 0.410 e. The van der Waals surface area contributed by atoms with Crippen LogP contribution in [0.3, 0.4) is 0 Å². The zero-order chi connectivity index (χ0) is 19.8. The van der Waals surface area contributed by atoms with Gasteiger partial charge in [-0.1, -0.05) is 44.2 Å². The number of nitrogens with zero attached hydrogens (tertiary/aromatic N) is 1. The minimum absolute atomic E-state index is 0.0850. The fourth-order valence-electron chi connectivity index (χ4n) is 3.12. The number of rotatable bonds is 9. The third kappa shape index (κ3) is 6.67. The average Bonchev–Trinajstić information content (AvgIpc) is 3.04. The molecule has 0 aliphatic carbocycles. The van der Waals surface area contributed by atoms with Gasteiger partial charge in [-0.25, -0.2) is 4.79 Å². The molecule has 0 unspecified atom stereocenters. The van der Waals surface area contributed by atoms with Crippen LogP contribution in [-0.4, -0.2) is 48.4 Å². The Labute approximate surface area is 160 Å². The van der Waals surface area contributed by atoms with E-state index in [9.17, 15) is 14.4 Å². The number of Topliss-reactive ketones (excluding diaryl/α,β-unsaturated/α-hetero) is 1. The van der Waals surface area contributed by atoms with Gasteiger partial charge in [0.05, 0.1) is 12.5 Å². The number of hydrogen-bond acceptors (Lipinski definition) is 4. The fraction of sp³-hybridized carbons (Fsp3) is 0.550. The van der Waals surface area contributed by atoms with Crippen LogP contribution in [0.1, 0.15) is 32.3 Å². The van der Waals surface area contributed by atoms with Gasteiger partial charge in [0, 0.05) is 19.5 Å². The van der Waals surface area contributed by atoms with Crippen LogP contribution in [0, 0.1) is 11.8 Å². The first-order valence-electron chi connectivity index (χ1n) is 9.46. The van der Waals surface area contributed by atoms with E-state index < -0.39 is 6.09 Å². The summed E-state index contributed by atoms with van der Waals surface area (Å²) in [7, 11) is 0. The fourth-order valence-corrected chi connectivity index (χ4v) is 3.12. The second kappa shape index (κ2) is 10.1. The molecule has 4 N–H and O–H groups in total. The molecule has 0 aromatic heterocycles. The van der Waals surface area contributed by atoms with Gasteiger partial charge < -0.3 is 15.8 Å². The van der Waals surface area contributed by atoms with E-state index in [1.807, 2.05) is 44.2 Å². The quantitative estimate of drug-likeness (QED) is 0.671. The Morgan fingerprint density at radius 2 is 2.00 bits per heavy atom. The van der Waals surface area contributed by atoms with Gasteiger partial charge >= 0.3 is 6.09 Å². The minimum atomic E-state index is -0.580. The predicted octanol–water partition coefficient (Wildman–Crippen LogP) is 0.987. The molecular weight excluding hydrogens is 346 g/mol. The second-order valence-corrected chi connectivity index (χ2v) is 7.49. The molecule has 7 nitrogen and oxygen atoms in total. The van der Waals surface area contributed by atoms with Crippen LogP contribution in [0.15, 0.2) is 30.3 Å². The summed E-state index contributed by atoms with van der Waals surface area (Å²) in [5.74, 6) is -0.165. The molecule has 27 heavy (non-hydrogen) atoms. The highest BCUT2D eigenvalue weighted by Gasteiger charge is 2.31. The predicted molar refractivity (Wildman–Crippen MR) is 100 cm³/mol. The van der Waals surface area contributed by atoms with E-state index in [1.165, 1.54) is 4.90 Å². The van der Waals surface area contributed by atoms with Crippen molar-refractivity contribution in [3.8, 4) is 0 Å². The Bertz CT molecular complexity index is 648. The SMILES string of the molecule is CC(C)C[C@H]([NH3+])C(=O)CN(C[C@@H]1CCNC1=O)C(=O)OCc1ccccc1. The highest BCUT2D eigenvalue weighted by atomic mass is 16.6. The zero-order valence-electron chi connectivity index (χ0n) is 16.1. The van der Waals surface area contributed by atoms with Crippen LogP contribution in [0.2, 0.25) is 0 Å². The summed E-state index contributed by atoms with van der Waals surface area (Å²) in [5.41, 5.74) is 4.79. The number of quaternary nitrogens is 1. The maximum Gasteiger partial charge on any atom is 0.410 e. The average molecular weight is 376 g/mol. The molecule has 7 heteroatoms. The molecule has 1 saturated heterocycles. The van der Waals surface area contributed by atoms with Crippen LogP contribution >= 0.6 is 0 Å². The lowest BCUT2D eigenvalue weighted by Crippen LogP contribution is -2.67. The van der Waals surface area contributed by atoms with Crippen molar-refractivity contribution >= 4 is 17.8 Å². The maximum atomic E-state index is 12.6. The number of ether oxygens (including phenoxy) is 1.